The van der Waals surface area contributed by atoms with E-state index in [1.807, 2.05) is 26.0 Å². The number of fused-ring (bicyclic) bond motifs is 1. The van der Waals surface area contributed by atoms with Crippen LogP contribution in [0.4, 0.5) is 0 Å². The molecule has 2 heterocycles. The molecule has 2 saturated heterocycles. The van der Waals surface area contributed by atoms with E-state index in [4.69, 9.17) is 18.9 Å². The van der Waals surface area contributed by atoms with Gasteiger partial charge in [0, 0.05) is 18.4 Å². The minimum Gasteiger partial charge on any atom is -0.479 e. The Morgan fingerprint density at radius 1 is 1.14 bits per heavy atom. The third kappa shape index (κ3) is 8.24. The molecule has 1 N–H and O–H groups in total. The van der Waals surface area contributed by atoms with Crippen LogP contribution >= 0.6 is 0 Å². The zero-order chi connectivity index (χ0) is 25.3. The number of carbonyl (C=O) groups excluding carboxylic acids is 1. The van der Waals surface area contributed by atoms with Crippen LogP contribution in [0.25, 0.3) is 0 Å². The first-order valence-electron chi connectivity index (χ1n) is 13.5. The first-order valence-corrected chi connectivity index (χ1v) is 13.5. The van der Waals surface area contributed by atoms with Gasteiger partial charge in [-0.15, -0.1) is 0 Å². The second-order valence-corrected chi connectivity index (χ2v) is 10.4. The van der Waals surface area contributed by atoms with Crippen molar-refractivity contribution >= 4 is 11.8 Å². The molecule has 0 aromatic rings. The van der Waals surface area contributed by atoms with Crippen LogP contribution in [0, 0.1) is 11.8 Å². The van der Waals surface area contributed by atoms with Crippen LogP contribution in [-0.4, -0.2) is 53.9 Å². The Labute approximate surface area is 210 Å². The van der Waals surface area contributed by atoms with Gasteiger partial charge < -0.3 is 24.1 Å². The van der Waals surface area contributed by atoms with Gasteiger partial charge in [-0.2, -0.15) is 0 Å². The summed E-state index contributed by atoms with van der Waals surface area (Å²) < 4.78 is 23.2. The van der Waals surface area contributed by atoms with E-state index in [2.05, 4.69) is 19.1 Å². The van der Waals surface area contributed by atoms with Crippen molar-refractivity contribution in [3.8, 4) is 0 Å². The predicted octanol–water partition coefficient (Wildman–Crippen LogP) is 5.57. The maximum absolute atomic E-state index is 13.2. The number of aliphatic carboxylic acids is 1. The number of carbonyl (C=O) groups is 2. The molecule has 0 amide bonds. The highest BCUT2D eigenvalue weighted by molar-refractivity contribution is 5.90. The lowest BCUT2D eigenvalue weighted by Crippen LogP contribution is -2.32. The number of Topliss-reactive ketones (excluding diaryl/α,β-unsaturated/α-hetero) is 1. The number of ether oxygens (including phenoxy) is 4. The molecular formula is C28H44O7. The number of rotatable bonds is 14. The molecule has 7 heteroatoms. The van der Waals surface area contributed by atoms with E-state index < -0.39 is 30.3 Å². The quantitative estimate of drug-likeness (QED) is 0.250. The first-order chi connectivity index (χ1) is 16.8. The number of ketones is 1. The lowest BCUT2D eigenvalue weighted by molar-refractivity contribution is -0.201. The monoisotopic (exact) mass is 492 g/mol. The smallest absolute Gasteiger partial charge is 0.332 e. The van der Waals surface area contributed by atoms with Gasteiger partial charge in [0.15, 0.2) is 24.0 Å². The fourth-order valence-electron chi connectivity index (χ4n) is 5.24. The van der Waals surface area contributed by atoms with Crippen molar-refractivity contribution in [1.82, 2.24) is 0 Å². The molecule has 1 saturated carbocycles. The predicted molar refractivity (Wildman–Crippen MR) is 133 cm³/mol. The molecule has 3 fully saturated rings. The van der Waals surface area contributed by atoms with Crippen molar-refractivity contribution in [2.45, 2.75) is 122 Å². The number of unbranched alkanes of at least 4 members (excludes halogenated alkanes) is 4. The lowest BCUT2D eigenvalue weighted by Gasteiger charge is -2.25. The van der Waals surface area contributed by atoms with Gasteiger partial charge in [0.05, 0.1) is 0 Å². The molecular weight excluding hydrogens is 448 g/mol. The summed E-state index contributed by atoms with van der Waals surface area (Å²) in [6, 6.07) is 0. The molecule has 0 radical (unpaired) electrons. The second kappa shape index (κ2) is 13.7. The van der Waals surface area contributed by atoms with Crippen LogP contribution < -0.4 is 0 Å². The summed E-state index contributed by atoms with van der Waals surface area (Å²) in [5.41, 5.74) is 0. The van der Waals surface area contributed by atoms with Crippen LogP contribution in [0.15, 0.2) is 24.3 Å². The van der Waals surface area contributed by atoms with Crippen molar-refractivity contribution in [2.75, 3.05) is 6.61 Å². The van der Waals surface area contributed by atoms with E-state index >= 15 is 0 Å². The topological polar surface area (TPSA) is 91.3 Å². The number of allylic oxidation sites excluding steroid dienone is 3. The number of hydrogen-bond acceptors (Lipinski definition) is 6. The van der Waals surface area contributed by atoms with Gasteiger partial charge in [0.2, 0.25) is 0 Å². The van der Waals surface area contributed by atoms with Crippen LogP contribution in [0.5, 0.6) is 0 Å². The molecule has 3 rings (SSSR count). The zero-order valence-corrected chi connectivity index (χ0v) is 21.7. The van der Waals surface area contributed by atoms with E-state index in [-0.39, 0.29) is 23.7 Å². The molecule has 0 bridgehead atoms. The van der Waals surface area contributed by atoms with Crippen LogP contribution in [0.3, 0.4) is 0 Å². The minimum atomic E-state index is -0.965. The van der Waals surface area contributed by atoms with E-state index in [1.165, 1.54) is 19.3 Å². The van der Waals surface area contributed by atoms with Crippen molar-refractivity contribution in [3.63, 3.8) is 0 Å². The van der Waals surface area contributed by atoms with Crippen molar-refractivity contribution in [2.24, 2.45) is 11.8 Å². The standard InChI is InChI=1S/C28H44O7/c1-4-5-6-7-8-10-16-21-20(24(29)26-25(21)34-28(2,3)35-26)15-11-9-12-17-22(27(30)31)33-23-18-13-14-19-32-23/h9-11,16,20-23,25-26H,4-8,12-15,17-19H2,1-3H3,(H,30,31)/t20-,21-,22?,23?,25-,26-/m1/s1. The van der Waals surface area contributed by atoms with Crippen molar-refractivity contribution in [1.29, 1.82) is 0 Å². The second-order valence-electron chi connectivity index (χ2n) is 10.4. The first kappa shape index (κ1) is 28.0. The summed E-state index contributed by atoms with van der Waals surface area (Å²) in [7, 11) is 0. The molecule has 2 aliphatic heterocycles. The molecule has 6 atom stereocenters. The Balaban J connectivity index is 1.52. The average molecular weight is 493 g/mol. The summed E-state index contributed by atoms with van der Waals surface area (Å²) in [5.74, 6) is -1.80. The summed E-state index contributed by atoms with van der Waals surface area (Å²) in [4.78, 5) is 24.8. The molecule has 198 valence electrons. The number of carboxylic acids is 1. The summed E-state index contributed by atoms with van der Waals surface area (Å²) in [5, 5.41) is 9.50. The normalized spacial score (nSPS) is 31.4. The maximum atomic E-state index is 13.2. The average Bonchev–Trinajstić information content (AvgIpc) is 3.26. The third-order valence-electron chi connectivity index (χ3n) is 7.08. The van der Waals surface area contributed by atoms with Crippen LogP contribution in [-0.2, 0) is 28.5 Å². The molecule has 35 heavy (non-hydrogen) atoms. The van der Waals surface area contributed by atoms with Gasteiger partial charge in [0.25, 0.3) is 0 Å². The number of hydrogen-bond donors (Lipinski definition) is 1. The Morgan fingerprint density at radius 2 is 1.97 bits per heavy atom. The molecule has 3 aliphatic rings. The minimum absolute atomic E-state index is 0.0105. The highest BCUT2D eigenvalue weighted by atomic mass is 16.8. The third-order valence-corrected chi connectivity index (χ3v) is 7.08. The van der Waals surface area contributed by atoms with Gasteiger partial charge in [-0.1, -0.05) is 50.5 Å². The van der Waals surface area contributed by atoms with E-state index in [0.29, 0.717) is 25.9 Å². The molecule has 7 nitrogen and oxygen atoms in total. The Hall–Kier alpha value is -1.54. The summed E-state index contributed by atoms with van der Waals surface area (Å²) in [6.07, 6.45) is 16.3. The van der Waals surface area contributed by atoms with Gasteiger partial charge in [-0.25, -0.2) is 4.79 Å². The van der Waals surface area contributed by atoms with E-state index in [0.717, 1.165) is 32.1 Å². The van der Waals surface area contributed by atoms with E-state index in [9.17, 15) is 14.7 Å². The highest BCUT2D eigenvalue weighted by Crippen LogP contribution is 2.44. The summed E-state index contributed by atoms with van der Waals surface area (Å²) in [6.45, 7) is 6.54. The highest BCUT2D eigenvalue weighted by Gasteiger charge is 2.57. The molecule has 0 spiro atoms. The largest absolute Gasteiger partial charge is 0.479 e. The number of carboxylic acid groups (broad SMARTS) is 1. The van der Waals surface area contributed by atoms with Gasteiger partial charge in [0.1, 0.15) is 12.2 Å². The Bertz CT molecular complexity index is 738. The molecule has 1 aliphatic carbocycles. The van der Waals surface area contributed by atoms with Crippen LogP contribution in [0.1, 0.15) is 91.4 Å². The maximum Gasteiger partial charge on any atom is 0.332 e. The van der Waals surface area contributed by atoms with Gasteiger partial charge >= 0.3 is 5.97 Å². The molecule has 0 aromatic heterocycles. The fraction of sp³-hybridized carbons (Fsp3) is 0.786. The van der Waals surface area contributed by atoms with Crippen LogP contribution in [0.2, 0.25) is 0 Å². The zero-order valence-electron chi connectivity index (χ0n) is 21.7. The molecule has 0 aromatic carbocycles. The molecule has 2 unspecified atom stereocenters. The fourth-order valence-corrected chi connectivity index (χ4v) is 5.24. The van der Waals surface area contributed by atoms with Crippen molar-refractivity contribution < 1.29 is 33.6 Å². The van der Waals surface area contributed by atoms with Crippen molar-refractivity contribution in [3.05, 3.63) is 24.3 Å². The Kier molecular flexibility index (Phi) is 11.0. The van der Waals surface area contributed by atoms with Gasteiger partial charge in [-0.3, -0.25) is 4.79 Å². The lowest BCUT2D eigenvalue weighted by atomic mass is 9.90. The SMILES string of the molecule is CCCCCCC=C[C@H]1[C@H]2OC(C)(C)O[C@@H]2C(=O)[C@@H]1CC=CCCC(OC1CCCCO1)C(=O)O. The Morgan fingerprint density at radius 3 is 2.69 bits per heavy atom. The summed E-state index contributed by atoms with van der Waals surface area (Å²) >= 11 is 0. The van der Waals surface area contributed by atoms with Gasteiger partial charge in [-0.05, 0) is 65.2 Å². The van der Waals surface area contributed by atoms with E-state index in [1.54, 1.807) is 0 Å².